The summed E-state index contributed by atoms with van der Waals surface area (Å²) in [6, 6.07) is 10.2. The zero-order valence-electron chi connectivity index (χ0n) is 19.7. The van der Waals surface area contributed by atoms with E-state index in [1.807, 2.05) is 12.1 Å². The first-order chi connectivity index (χ1) is 13.3. The van der Waals surface area contributed by atoms with Crippen LogP contribution < -0.4 is 0 Å². The molecule has 160 valence electrons. The van der Waals surface area contributed by atoms with Gasteiger partial charge in [0.05, 0.1) is 0 Å². The molecule has 2 rings (SSSR count). The van der Waals surface area contributed by atoms with Crippen molar-refractivity contribution in [2.45, 2.75) is 91.9 Å². The van der Waals surface area contributed by atoms with Gasteiger partial charge in [-0.05, 0) is 76.5 Å². The standard InChI is InChI=1S/C27H40O2/c1-9-10-19(14-20-11-12-24(28)22(16-20)26(3,4)5)15-21-17-23(27(6,7)8)25(29)13-18(21)2/h11-13,16-17,19,28-29H,9-10,14-15H2,1-8H3. The number of phenols is 2. The third-order valence-corrected chi connectivity index (χ3v) is 5.86. The maximum atomic E-state index is 10.4. The Morgan fingerprint density at radius 2 is 1.38 bits per heavy atom. The molecule has 0 spiro atoms. The van der Waals surface area contributed by atoms with Crippen LogP contribution in [0.4, 0.5) is 0 Å². The first-order valence-electron chi connectivity index (χ1n) is 11.0. The number of aryl methyl sites for hydroxylation is 1. The number of hydrogen-bond acceptors (Lipinski definition) is 2. The van der Waals surface area contributed by atoms with E-state index in [1.165, 1.54) is 11.1 Å². The molecule has 0 heterocycles. The van der Waals surface area contributed by atoms with Crippen LogP contribution in [0.1, 0.15) is 89.1 Å². The fraction of sp³-hybridized carbons (Fsp3) is 0.556. The maximum Gasteiger partial charge on any atom is 0.119 e. The maximum absolute atomic E-state index is 10.4. The van der Waals surface area contributed by atoms with Crippen molar-refractivity contribution in [3.05, 3.63) is 58.1 Å². The Morgan fingerprint density at radius 3 is 1.93 bits per heavy atom. The molecule has 0 fully saturated rings. The number of aromatic hydroxyl groups is 2. The molecule has 0 amide bonds. The topological polar surface area (TPSA) is 40.5 Å². The van der Waals surface area contributed by atoms with E-state index in [2.05, 4.69) is 73.6 Å². The van der Waals surface area contributed by atoms with E-state index in [0.29, 0.717) is 17.4 Å². The van der Waals surface area contributed by atoms with Crippen molar-refractivity contribution >= 4 is 0 Å². The summed E-state index contributed by atoms with van der Waals surface area (Å²) in [5.41, 5.74) is 5.67. The zero-order valence-corrected chi connectivity index (χ0v) is 19.7. The molecule has 0 saturated carbocycles. The zero-order chi connectivity index (χ0) is 22.0. The Hall–Kier alpha value is -1.96. The summed E-state index contributed by atoms with van der Waals surface area (Å²) in [5, 5.41) is 20.7. The number of hydrogen-bond donors (Lipinski definition) is 2. The van der Waals surface area contributed by atoms with E-state index < -0.39 is 0 Å². The molecule has 0 aliphatic carbocycles. The molecule has 2 aromatic rings. The van der Waals surface area contributed by atoms with E-state index in [4.69, 9.17) is 0 Å². The van der Waals surface area contributed by atoms with Gasteiger partial charge in [0, 0.05) is 0 Å². The second kappa shape index (κ2) is 8.81. The summed E-state index contributed by atoms with van der Waals surface area (Å²) in [5.74, 6) is 1.32. The molecule has 0 bridgehead atoms. The van der Waals surface area contributed by atoms with E-state index in [9.17, 15) is 10.2 Å². The van der Waals surface area contributed by atoms with Gasteiger partial charge >= 0.3 is 0 Å². The van der Waals surface area contributed by atoms with Gasteiger partial charge < -0.3 is 10.2 Å². The summed E-state index contributed by atoms with van der Waals surface area (Å²) in [7, 11) is 0. The van der Waals surface area contributed by atoms with E-state index >= 15 is 0 Å². The highest BCUT2D eigenvalue weighted by atomic mass is 16.3. The molecule has 2 N–H and O–H groups in total. The van der Waals surface area contributed by atoms with Crippen molar-refractivity contribution in [3.8, 4) is 11.5 Å². The molecule has 0 aliphatic rings. The lowest BCUT2D eigenvalue weighted by atomic mass is 9.81. The lowest BCUT2D eigenvalue weighted by Gasteiger charge is -2.25. The van der Waals surface area contributed by atoms with E-state index in [1.54, 1.807) is 0 Å². The average Bonchev–Trinajstić information content (AvgIpc) is 2.57. The molecule has 0 aliphatic heterocycles. The average molecular weight is 397 g/mol. The fourth-order valence-electron chi connectivity index (χ4n) is 4.20. The monoisotopic (exact) mass is 396 g/mol. The van der Waals surface area contributed by atoms with Crippen molar-refractivity contribution in [2.24, 2.45) is 5.92 Å². The molecule has 2 nitrogen and oxygen atoms in total. The van der Waals surface area contributed by atoms with Crippen LogP contribution in [0.15, 0.2) is 30.3 Å². The molecule has 0 aromatic heterocycles. The molecule has 1 atom stereocenters. The molecule has 2 aromatic carbocycles. The van der Waals surface area contributed by atoms with Gasteiger partial charge in [0.15, 0.2) is 0 Å². The van der Waals surface area contributed by atoms with Crippen LogP contribution in [-0.2, 0) is 23.7 Å². The third kappa shape index (κ3) is 6.01. The van der Waals surface area contributed by atoms with E-state index in [-0.39, 0.29) is 10.8 Å². The van der Waals surface area contributed by atoms with Crippen molar-refractivity contribution in [3.63, 3.8) is 0 Å². The Balaban J connectivity index is 2.33. The predicted octanol–water partition coefficient (Wildman–Crippen LogP) is 7.20. The molecule has 1 unspecified atom stereocenters. The van der Waals surface area contributed by atoms with Crippen molar-refractivity contribution in [1.82, 2.24) is 0 Å². The smallest absolute Gasteiger partial charge is 0.119 e. The fourth-order valence-corrected chi connectivity index (χ4v) is 4.20. The molecule has 29 heavy (non-hydrogen) atoms. The summed E-state index contributed by atoms with van der Waals surface area (Å²) < 4.78 is 0. The van der Waals surface area contributed by atoms with Crippen molar-refractivity contribution < 1.29 is 10.2 Å². The Kier molecular flexibility index (Phi) is 7.09. The molecule has 2 heteroatoms. The number of benzene rings is 2. The molecular formula is C27H40O2. The lowest BCUT2D eigenvalue weighted by molar-refractivity contribution is 0.440. The van der Waals surface area contributed by atoms with Crippen LogP contribution in [0.25, 0.3) is 0 Å². The normalized spacial score (nSPS) is 13.5. The Bertz CT molecular complexity index is 835. The third-order valence-electron chi connectivity index (χ3n) is 5.86. The van der Waals surface area contributed by atoms with Crippen LogP contribution in [0.5, 0.6) is 11.5 Å². The van der Waals surface area contributed by atoms with Gasteiger partial charge in [0.2, 0.25) is 0 Å². The number of rotatable bonds is 6. The summed E-state index contributed by atoms with van der Waals surface area (Å²) in [4.78, 5) is 0. The van der Waals surface area contributed by atoms with Crippen LogP contribution in [-0.4, -0.2) is 10.2 Å². The van der Waals surface area contributed by atoms with E-state index in [0.717, 1.165) is 42.4 Å². The van der Waals surface area contributed by atoms with Crippen LogP contribution in [0.2, 0.25) is 0 Å². The van der Waals surface area contributed by atoms with Crippen molar-refractivity contribution in [1.29, 1.82) is 0 Å². The van der Waals surface area contributed by atoms with Gasteiger partial charge in [0.1, 0.15) is 11.5 Å². The van der Waals surface area contributed by atoms with Gasteiger partial charge in [-0.15, -0.1) is 0 Å². The first kappa shape index (κ1) is 23.3. The van der Waals surface area contributed by atoms with Gasteiger partial charge in [-0.1, -0.05) is 79.5 Å². The largest absolute Gasteiger partial charge is 0.508 e. The van der Waals surface area contributed by atoms with Crippen molar-refractivity contribution in [2.75, 3.05) is 0 Å². The van der Waals surface area contributed by atoms with Crippen LogP contribution in [0.3, 0.4) is 0 Å². The quantitative estimate of drug-likeness (QED) is 0.542. The van der Waals surface area contributed by atoms with Gasteiger partial charge in [-0.3, -0.25) is 0 Å². The molecule has 0 saturated heterocycles. The Morgan fingerprint density at radius 1 is 0.793 bits per heavy atom. The molecular weight excluding hydrogens is 356 g/mol. The highest BCUT2D eigenvalue weighted by Gasteiger charge is 2.22. The highest BCUT2D eigenvalue weighted by molar-refractivity contribution is 5.45. The van der Waals surface area contributed by atoms with Gasteiger partial charge in [0.25, 0.3) is 0 Å². The predicted molar refractivity (Wildman–Crippen MR) is 124 cm³/mol. The molecule has 0 radical (unpaired) electrons. The highest BCUT2D eigenvalue weighted by Crippen LogP contribution is 2.35. The minimum atomic E-state index is -0.0780. The van der Waals surface area contributed by atoms with Gasteiger partial charge in [-0.2, -0.15) is 0 Å². The lowest BCUT2D eigenvalue weighted by Crippen LogP contribution is -2.15. The minimum Gasteiger partial charge on any atom is -0.508 e. The van der Waals surface area contributed by atoms with Crippen LogP contribution >= 0.6 is 0 Å². The van der Waals surface area contributed by atoms with Crippen LogP contribution in [0, 0.1) is 12.8 Å². The summed E-state index contributed by atoms with van der Waals surface area (Å²) in [6.07, 6.45) is 4.33. The number of phenolic OH excluding ortho intramolecular Hbond substituents is 2. The summed E-state index contributed by atoms with van der Waals surface area (Å²) >= 11 is 0. The first-order valence-corrected chi connectivity index (χ1v) is 11.0. The Labute approximate surface area is 178 Å². The second-order valence-electron chi connectivity index (χ2n) is 10.7. The summed E-state index contributed by atoms with van der Waals surface area (Å²) in [6.45, 7) is 17.2. The van der Waals surface area contributed by atoms with Gasteiger partial charge in [-0.25, -0.2) is 0 Å². The minimum absolute atomic E-state index is 0.0739. The SMILES string of the molecule is CCCC(Cc1ccc(O)c(C(C)(C)C)c1)Cc1cc(C(C)(C)C)c(O)cc1C. The second-order valence-corrected chi connectivity index (χ2v) is 10.7.